The van der Waals surface area contributed by atoms with Crippen molar-refractivity contribution in [2.24, 2.45) is 0 Å². The molecule has 1 N–H and O–H groups in total. The van der Waals surface area contributed by atoms with Crippen LogP contribution in [0, 0.1) is 0 Å². The molecule has 0 aliphatic rings. The zero-order valence-corrected chi connectivity index (χ0v) is 20.7. The SMILES string of the molecule is CCCCN(CCCCCc1cc(O)no1)Cc1c(Cl)nc(-c2ccccc2)n1CCCC. The van der Waals surface area contributed by atoms with Crippen LogP contribution in [0.5, 0.6) is 5.88 Å². The van der Waals surface area contributed by atoms with E-state index in [1.165, 1.54) is 12.8 Å². The summed E-state index contributed by atoms with van der Waals surface area (Å²) in [6, 6.07) is 11.9. The largest absolute Gasteiger partial charge is 0.491 e. The summed E-state index contributed by atoms with van der Waals surface area (Å²) < 4.78 is 7.42. The Balaban J connectivity index is 1.66. The molecule has 0 radical (unpaired) electrons. The lowest BCUT2D eigenvalue weighted by atomic mass is 10.1. The van der Waals surface area contributed by atoms with Crippen LogP contribution in [-0.2, 0) is 19.5 Å². The predicted molar refractivity (Wildman–Crippen MR) is 133 cm³/mol. The third-order valence-electron chi connectivity index (χ3n) is 5.94. The molecule has 6 nitrogen and oxygen atoms in total. The number of rotatable bonds is 15. The Labute approximate surface area is 202 Å². The lowest BCUT2D eigenvalue weighted by molar-refractivity contribution is 0.248. The van der Waals surface area contributed by atoms with Crippen molar-refractivity contribution in [3.05, 3.63) is 53.0 Å². The van der Waals surface area contributed by atoms with Crippen molar-refractivity contribution in [1.82, 2.24) is 19.6 Å². The van der Waals surface area contributed by atoms with Gasteiger partial charge in [0, 0.05) is 31.1 Å². The van der Waals surface area contributed by atoms with Gasteiger partial charge in [-0.25, -0.2) is 4.98 Å². The molecule has 1 aromatic carbocycles. The number of halogens is 1. The molecule has 0 aliphatic carbocycles. The first-order chi connectivity index (χ1) is 16.1. The first-order valence-corrected chi connectivity index (χ1v) is 12.7. The summed E-state index contributed by atoms with van der Waals surface area (Å²) in [4.78, 5) is 7.30. The number of hydrogen-bond acceptors (Lipinski definition) is 5. The van der Waals surface area contributed by atoms with Crippen LogP contribution >= 0.6 is 11.6 Å². The van der Waals surface area contributed by atoms with E-state index in [2.05, 4.69) is 52.7 Å². The molecule has 2 aromatic heterocycles. The number of aryl methyl sites for hydroxylation is 1. The fourth-order valence-electron chi connectivity index (χ4n) is 4.07. The normalized spacial score (nSPS) is 11.5. The topological polar surface area (TPSA) is 67.3 Å². The Kier molecular flexibility index (Phi) is 10.3. The van der Waals surface area contributed by atoms with Crippen LogP contribution in [0.3, 0.4) is 0 Å². The van der Waals surface area contributed by atoms with Crippen LogP contribution in [0.2, 0.25) is 5.15 Å². The molecular weight excluding hydrogens is 436 g/mol. The third-order valence-corrected chi connectivity index (χ3v) is 6.24. The molecule has 0 aliphatic heterocycles. The number of aromatic nitrogens is 3. The summed E-state index contributed by atoms with van der Waals surface area (Å²) in [6.45, 7) is 8.28. The highest BCUT2D eigenvalue weighted by molar-refractivity contribution is 6.30. The standard InChI is InChI=1S/C26H37ClN4O2/c1-3-5-16-30(17-12-8-11-15-22-19-24(32)29-33-22)20-23-25(27)28-26(31(23)18-6-4-2)21-13-9-7-10-14-21/h7,9-10,13-14,19H,3-6,8,11-12,15-18,20H2,1-2H3,(H,29,32). The minimum Gasteiger partial charge on any atom is -0.491 e. The molecule has 7 heteroatoms. The van der Waals surface area contributed by atoms with E-state index >= 15 is 0 Å². The van der Waals surface area contributed by atoms with E-state index in [1.807, 2.05) is 6.07 Å². The van der Waals surface area contributed by atoms with Crippen LogP contribution in [-0.4, -0.2) is 37.8 Å². The van der Waals surface area contributed by atoms with E-state index in [-0.39, 0.29) is 5.88 Å². The number of benzene rings is 1. The van der Waals surface area contributed by atoms with Crippen molar-refractivity contribution in [3.8, 4) is 17.3 Å². The Morgan fingerprint density at radius 1 is 1.00 bits per heavy atom. The second kappa shape index (κ2) is 13.4. The van der Waals surface area contributed by atoms with Crippen LogP contribution in [0.15, 0.2) is 40.9 Å². The summed E-state index contributed by atoms with van der Waals surface area (Å²) >= 11 is 6.72. The zero-order valence-electron chi connectivity index (χ0n) is 20.0. The number of hydrogen-bond donors (Lipinski definition) is 1. The highest BCUT2D eigenvalue weighted by atomic mass is 35.5. The van der Waals surface area contributed by atoms with Gasteiger partial charge in [-0.15, -0.1) is 0 Å². The molecule has 0 saturated carbocycles. The van der Waals surface area contributed by atoms with E-state index in [0.717, 1.165) is 87.5 Å². The Bertz CT molecular complexity index is 955. The maximum Gasteiger partial charge on any atom is 0.251 e. The molecule has 0 fully saturated rings. The molecular formula is C26H37ClN4O2. The highest BCUT2D eigenvalue weighted by Crippen LogP contribution is 2.27. The molecule has 180 valence electrons. The fourth-order valence-corrected chi connectivity index (χ4v) is 4.31. The van der Waals surface area contributed by atoms with Crippen molar-refractivity contribution in [1.29, 1.82) is 0 Å². The summed E-state index contributed by atoms with van der Waals surface area (Å²) in [7, 11) is 0. The molecule has 3 aromatic rings. The van der Waals surface area contributed by atoms with Crippen LogP contribution < -0.4 is 0 Å². The van der Waals surface area contributed by atoms with Gasteiger partial charge in [0.05, 0.1) is 5.69 Å². The predicted octanol–water partition coefficient (Wildman–Crippen LogP) is 6.71. The Hall–Kier alpha value is -2.31. The van der Waals surface area contributed by atoms with Crippen molar-refractivity contribution < 1.29 is 9.63 Å². The average molecular weight is 473 g/mol. The number of aromatic hydroxyl groups is 1. The Morgan fingerprint density at radius 3 is 2.45 bits per heavy atom. The molecule has 0 atom stereocenters. The van der Waals surface area contributed by atoms with Gasteiger partial charge in [0.15, 0.2) is 5.15 Å². The van der Waals surface area contributed by atoms with Crippen LogP contribution in [0.1, 0.15) is 70.2 Å². The molecule has 0 saturated heterocycles. The molecule has 3 rings (SSSR count). The molecule has 0 spiro atoms. The molecule has 33 heavy (non-hydrogen) atoms. The van der Waals surface area contributed by atoms with E-state index in [0.29, 0.717) is 5.15 Å². The van der Waals surface area contributed by atoms with E-state index in [4.69, 9.17) is 21.1 Å². The van der Waals surface area contributed by atoms with E-state index in [1.54, 1.807) is 6.07 Å². The smallest absolute Gasteiger partial charge is 0.251 e. The second-order valence-electron chi connectivity index (χ2n) is 8.64. The van der Waals surface area contributed by atoms with Gasteiger partial charge in [0.1, 0.15) is 11.6 Å². The first-order valence-electron chi connectivity index (χ1n) is 12.3. The van der Waals surface area contributed by atoms with Crippen molar-refractivity contribution in [3.63, 3.8) is 0 Å². The van der Waals surface area contributed by atoms with Gasteiger partial charge in [0.2, 0.25) is 0 Å². The summed E-state index contributed by atoms with van der Waals surface area (Å²) in [5, 5.41) is 13.5. The summed E-state index contributed by atoms with van der Waals surface area (Å²) in [5.74, 6) is 1.67. The maximum absolute atomic E-state index is 9.29. The van der Waals surface area contributed by atoms with Gasteiger partial charge in [-0.1, -0.05) is 75.0 Å². The third kappa shape index (κ3) is 7.61. The second-order valence-corrected chi connectivity index (χ2v) is 8.99. The van der Waals surface area contributed by atoms with Gasteiger partial charge in [0.25, 0.3) is 5.88 Å². The number of imidazole rings is 1. The number of unbranched alkanes of at least 4 members (excludes halogenated alkanes) is 4. The minimum atomic E-state index is -0.0397. The molecule has 0 amide bonds. The van der Waals surface area contributed by atoms with Gasteiger partial charge in [-0.05, 0) is 43.9 Å². The monoisotopic (exact) mass is 472 g/mol. The van der Waals surface area contributed by atoms with Crippen LogP contribution in [0.25, 0.3) is 11.4 Å². The quantitative estimate of drug-likeness (QED) is 0.249. The maximum atomic E-state index is 9.29. The van der Waals surface area contributed by atoms with E-state index < -0.39 is 0 Å². The fraction of sp³-hybridized carbons (Fsp3) is 0.538. The van der Waals surface area contributed by atoms with Crippen molar-refractivity contribution >= 4 is 11.6 Å². The van der Waals surface area contributed by atoms with Gasteiger partial charge in [-0.3, -0.25) is 4.90 Å². The Morgan fingerprint density at radius 2 is 1.76 bits per heavy atom. The highest BCUT2D eigenvalue weighted by Gasteiger charge is 2.19. The van der Waals surface area contributed by atoms with Crippen LogP contribution in [0.4, 0.5) is 0 Å². The van der Waals surface area contributed by atoms with E-state index in [9.17, 15) is 5.11 Å². The van der Waals surface area contributed by atoms with Gasteiger partial charge < -0.3 is 14.2 Å². The molecule has 0 unspecified atom stereocenters. The zero-order chi connectivity index (χ0) is 23.5. The summed E-state index contributed by atoms with van der Waals surface area (Å²) in [5.41, 5.74) is 2.23. The molecule has 2 heterocycles. The average Bonchev–Trinajstić information content (AvgIpc) is 3.38. The first kappa shape index (κ1) is 25.3. The lowest BCUT2D eigenvalue weighted by Crippen LogP contribution is -2.27. The van der Waals surface area contributed by atoms with Crippen molar-refractivity contribution in [2.45, 2.75) is 78.3 Å². The van der Waals surface area contributed by atoms with Crippen molar-refractivity contribution in [2.75, 3.05) is 13.1 Å². The van der Waals surface area contributed by atoms with Gasteiger partial charge in [-0.2, -0.15) is 0 Å². The van der Waals surface area contributed by atoms with Gasteiger partial charge >= 0.3 is 0 Å². The minimum absolute atomic E-state index is 0.0397. The lowest BCUT2D eigenvalue weighted by Gasteiger charge is -2.23. The summed E-state index contributed by atoms with van der Waals surface area (Å²) in [6.07, 6.45) is 8.60. The number of nitrogens with zero attached hydrogens (tertiary/aromatic N) is 4. The molecule has 0 bridgehead atoms.